The summed E-state index contributed by atoms with van der Waals surface area (Å²) in [7, 11) is 3.82. The molecule has 3 nitrogen and oxygen atoms in total. The van der Waals surface area contributed by atoms with Crippen LogP contribution in [0.1, 0.15) is 0 Å². The lowest BCUT2D eigenvalue weighted by Gasteiger charge is -2.30. The molecule has 1 aliphatic heterocycles. The van der Waals surface area contributed by atoms with Crippen LogP contribution < -0.4 is 0 Å². The standard InChI is InChI=1S/C7H12N3/c1-9-4-6-10(3-2-8)7-5-9/h1,3-7H2. The molecule has 1 radical (unpaired) electrons. The smallest absolute Gasteiger partial charge is 0.0866 e. The Labute approximate surface area is 61.8 Å². The molecule has 0 amide bonds. The molecule has 0 N–H and O–H groups in total. The van der Waals surface area contributed by atoms with Gasteiger partial charge in [-0.05, 0) is 0 Å². The Kier molecular flexibility index (Phi) is 2.67. The van der Waals surface area contributed by atoms with Crippen molar-refractivity contribution < 1.29 is 0 Å². The third-order valence-corrected chi connectivity index (χ3v) is 1.76. The molecule has 0 aromatic rings. The first-order valence-corrected chi connectivity index (χ1v) is 3.47. The fourth-order valence-electron chi connectivity index (χ4n) is 1.05. The Bertz CT molecular complexity index is 130. The van der Waals surface area contributed by atoms with Gasteiger partial charge in [0.15, 0.2) is 0 Å². The average molecular weight is 138 g/mol. The second kappa shape index (κ2) is 3.55. The van der Waals surface area contributed by atoms with Crippen molar-refractivity contribution in [2.24, 2.45) is 0 Å². The second-order valence-electron chi connectivity index (χ2n) is 2.55. The predicted molar refractivity (Wildman–Crippen MR) is 39.0 cm³/mol. The molecule has 0 spiro atoms. The van der Waals surface area contributed by atoms with Gasteiger partial charge in [-0.2, -0.15) is 5.26 Å². The molecule has 0 saturated carbocycles. The van der Waals surface area contributed by atoms with Crippen LogP contribution in [0.2, 0.25) is 0 Å². The quantitative estimate of drug-likeness (QED) is 0.475. The lowest BCUT2D eigenvalue weighted by atomic mass is 10.3. The minimum atomic E-state index is 0.563. The van der Waals surface area contributed by atoms with Gasteiger partial charge in [-0.15, -0.1) is 0 Å². The van der Waals surface area contributed by atoms with Crippen molar-refractivity contribution in [1.82, 2.24) is 9.80 Å². The SMILES string of the molecule is [CH2]N1CCN(CC#N)CC1. The monoisotopic (exact) mass is 138 g/mol. The predicted octanol–water partition coefficient (Wildman–Crippen LogP) is -0.0808. The molecular weight excluding hydrogens is 126 g/mol. The maximum Gasteiger partial charge on any atom is 0.0866 e. The van der Waals surface area contributed by atoms with Gasteiger partial charge in [0.2, 0.25) is 0 Å². The summed E-state index contributed by atoms with van der Waals surface area (Å²) in [5, 5.41) is 8.36. The highest BCUT2D eigenvalue weighted by atomic mass is 15.2. The van der Waals surface area contributed by atoms with Crippen molar-refractivity contribution in [2.75, 3.05) is 32.7 Å². The summed E-state index contributed by atoms with van der Waals surface area (Å²) in [6, 6.07) is 2.14. The number of nitriles is 1. The highest BCUT2D eigenvalue weighted by molar-refractivity contribution is 4.80. The third kappa shape index (κ3) is 1.98. The van der Waals surface area contributed by atoms with E-state index in [0.29, 0.717) is 6.54 Å². The summed E-state index contributed by atoms with van der Waals surface area (Å²) in [6.07, 6.45) is 0. The van der Waals surface area contributed by atoms with E-state index < -0.39 is 0 Å². The molecule has 1 fully saturated rings. The summed E-state index contributed by atoms with van der Waals surface area (Å²) >= 11 is 0. The lowest BCUT2D eigenvalue weighted by molar-refractivity contribution is 0.182. The molecule has 10 heavy (non-hydrogen) atoms. The zero-order valence-corrected chi connectivity index (χ0v) is 6.08. The Hall–Kier alpha value is -0.590. The molecule has 55 valence electrons. The van der Waals surface area contributed by atoms with Crippen LogP contribution in [0.15, 0.2) is 0 Å². The molecule has 1 rings (SSSR count). The molecule has 0 atom stereocenters. The number of rotatable bonds is 1. The minimum absolute atomic E-state index is 0.563. The van der Waals surface area contributed by atoms with Crippen LogP contribution in [0.4, 0.5) is 0 Å². The van der Waals surface area contributed by atoms with Gasteiger partial charge in [-0.25, -0.2) is 0 Å². The van der Waals surface area contributed by atoms with Gasteiger partial charge < -0.3 is 0 Å². The van der Waals surface area contributed by atoms with Crippen molar-refractivity contribution in [2.45, 2.75) is 0 Å². The van der Waals surface area contributed by atoms with Crippen molar-refractivity contribution in [3.8, 4) is 6.07 Å². The summed E-state index contributed by atoms with van der Waals surface area (Å²) in [4.78, 5) is 4.18. The van der Waals surface area contributed by atoms with Gasteiger partial charge in [-0.1, -0.05) is 0 Å². The maximum atomic E-state index is 8.36. The van der Waals surface area contributed by atoms with Gasteiger partial charge >= 0.3 is 0 Å². The molecule has 1 aliphatic rings. The van der Waals surface area contributed by atoms with E-state index >= 15 is 0 Å². The van der Waals surface area contributed by atoms with Crippen LogP contribution in [0.5, 0.6) is 0 Å². The van der Waals surface area contributed by atoms with Crippen LogP contribution in [-0.4, -0.2) is 42.5 Å². The van der Waals surface area contributed by atoms with E-state index in [1.54, 1.807) is 0 Å². The first-order valence-electron chi connectivity index (χ1n) is 3.47. The van der Waals surface area contributed by atoms with Gasteiger partial charge in [-0.3, -0.25) is 9.80 Å². The summed E-state index contributed by atoms with van der Waals surface area (Å²) in [5.74, 6) is 0. The number of hydrogen-bond acceptors (Lipinski definition) is 3. The number of nitrogens with zero attached hydrogens (tertiary/aromatic N) is 3. The largest absolute Gasteiger partial charge is 0.300 e. The highest BCUT2D eigenvalue weighted by Gasteiger charge is 2.11. The van der Waals surface area contributed by atoms with E-state index in [-0.39, 0.29) is 0 Å². The first kappa shape index (κ1) is 7.52. The molecule has 0 aliphatic carbocycles. The average Bonchev–Trinajstić information content (AvgIpc) is 1.95. The molecule has 3 heteroatoms. The van der Waals surface area contributed by atoms with E-state index in [1.165, 1.54) is 0 Å². The summed E-state index contributed by atoms with van der Waals surface area (Å²) < 4.78 is 0. The number of piperazine rings is 1. The van der Waals surface area contributed by atoms with E-state index in [0.717, 1.165) is 26.2 Å². The van der Waals surface area contributed by atoms with Crippen LogP contribution in [0.3, 0.4) is 0 Å². The van der Waals surface area contributed by atoms with Crippen LogP contribution >= 0.6 is 0 Å². The summed E-state index contributed by atoms with van der Waals surface area (Å²) in [6.45, 7) is 4.51. The summed E-state index contributed by atoms with van der Waals surface area (Å²) in [5.41, 5.74) is 0. The van der Waals surface area contributed by atoms with Crippen molar-refractivity contribution >= 4 is 0 Å². The fraction of sp³-hybridized carbons (Fsp3) is 0.714. The van der Waals surface area contributed by atoms with E-state index in [2.05, 4.69) is 18.0 Å². The fourth-order valence-corrected chi connectivity index (χ4v) is 1.05. The lowest BCUT2D eigenvalue weighted by Crippen LogP contribution is -2.43. The zero-order chi connectivity index (χ0) is 7.40. The molecular formula is C7H12N3. The molecule has 1 heterocycles. The molecule has 1 saturated heterocycles. The van der Waals surface area contributed by atoms with Crippen molar-refractivity contribution in [1.29, 1.82) is 5.26 Å². The van der Waals surface area contributed by atoms with E-state index in [4.69, 9.17) is 5.26 Å². The van der Waals surface area contributed by atoms with E-state index in [9.17, 15) is 0 Å². The first-order chi connectivity index (χ1) is 4.83. The van der Waals surface area contributed by atoms with Gasteiger partial charge in [0.1, 0.15) is 0 Å². The van der Waals surface area contributed by atoms with Crippen molar-refractivity contribution in [3.05, 3.63) is 7.05 Å². The molecule has 0 unspecified atom stereocenters. The number of hydrogen-bond donors (Lipinski definition) is 0. The Morgan fingerprint density at radius 1 is 1.30 bits per heavy atom. The normalized spacial score (nSPS) is 22.4. The molecule has 0 aromatic heterocycles. The van der Waals surface area contributed by atoms with Gasteiger partial charge in [0.05, 0.1) is 12.6 Å². The van der Waals surface area contributed by atoms with Gasteiger partial charge in [0, 0.05) is 33.2 Å². The Morgan fingerprint density at radius 2 is 1.90 bits per heavy atom. The maximum absolute atomic E-state index is 8.36. The minimum Gasteiger partial charge on any atom is -0.300 e. The topological polar surface area (TPSA) is 30.3 Å². The highest BCUT2D eigenvalue weighted by Crippen LogP contribution is 1.97. The molecule has 0 aromatic carbocycles. The Balaban J connectivity index is 2.21. The van der Waals surface area contributed by atoms with Crippen molar-refractivity contribution in [3.63, 3.8) is 0 Å². The zero-order valence-electron chi connectivity index (χ0n) is 6.08. The Morgan fingerprint density at radius 3 is 2.40 bits per heavy atom. The second-order valence-corrected chi connectivity index (χ2v) is 2.55. The van der Waals surface area contributed by atoms with Crippen LogP contribution in [0, 0.1) is 18.4 Å². The van der Waals surface area contributed by atoms with Crippen LogP contribution in [0.25, 0.3) is 0 Å². The molecule has 0 bridgehead atoms. The van der Waals surface area contributed by atoms with Crippen LogP contribution in [-0.2, 0) is 0 Å². The third-order valence-electron chi connectivity index (χ3n) is 1.76. The van der Waals surface area contributed by atoms with E-state index in [1.807, 2.05) is 4.90 Å². The van der Waals surface area contributed by atoms with Gasteiger partial charge in [0.25, 0.3) is 0 Å².